The van der Waals surface area contributed by atoms with Crippen molar-refractivity contribution < 1.29 is 19.1 Å². The zero-order chi connectivity index (χ0) is 19.4. The molecule has 6 heteroatoms. The predicted molar refractivity (Wildman–Crippen MR) is 103 cm³/mol. The van der Waals surface area contributed by atoms with Crippen molar-refractivity contribution >= 4 is 17.5 Å². The van der Waals surface area contributed by atoms with Crippen LogP contribution in [0.4, 0.5) is 5.69 Å². The second kappa shape index (κ2) is 7.70. The summed E-state index contributed by atoms with van der Waals surface area (Å²) in [5.41, 5.74) is 0.581. The lowest BCUT2D eigenvalue weighted by molar-refractivity contribution is -0.154. The molecule has 2 aromatic rings. The molecule has 0 saturated carbocycles. The zero-order valence-corrected chi connectivity index (χ0v) is 15.8. The Morgan fingerprint density at radius 1 is 1.11 bits per heavy atom. The summed E-state index contributed by atoms with van der Waals surface area (Å²) in [7, 11) is 3.10. The van der Waals surface area contributed by atoms with Crippen molar-refractivity contribution in [1.82, 2.24) is 4.90 Å². The van der Waals surface area contributed by atoms with E-state index in [-0.39, 0.29) is 18.2 Å². The third kappa shape index (κ3) is 3.74. The Hall–Kier alpha value is -3.02. The normalized spacial score (nSPS) is 18.4. The Morgan fingerprint density at radius 2 is 1.85 bits per heavy atom. The highest BCUT2D eigenvalue weighted by Crippen LogP contribution is 2.35. The van der Waals surface area contributed by atoms with Crippen LogP contribution in [0.1, 0.15) is 18.9 Å². The average Bonchev–Trinajstić information content (AvgIpc) is 2.67. The Kier molecular flexibility index (Phi) is 5.35. The molecule has 0 spiro atoms. The SMILES string of the molecule is COc1ccc(OC)c(NC(=O)C2(C)CCN2C(=O)Cc2ccccc2)c1. The van der Waals surface area contributed by atoms with Crippen molar-refractivity contribution in [2.75, 3.05) is 26.1 Å². The van der Waals surface area contributed by atoms with Crippen LogP contribution in [0.3, 0.4) is 0 Å². The van der Waals surface area contributed by atoms with Crippen LogP contribution in [-0.4, -0.2) is 43.0 Å². The molecule has 1 N–H and O–H groups in total. The number of carbonyl (C=O) groups excluding carboxylic acids is 2. The number of ether oxygens (including phenoxy) is 2. The minimum Gasteiger partial charge on any atom is -0.497 e. The van der Waals surface area contributed by atoms with E-state index < -0.39 is 5.54 Å². The van der Waals surface area contributed by atoms with E-state index in [1.165, 1.54) is 7.11 Å². The van der Waals surface area contributed by atoms with Gasteiger partial charge in [0.25, 0.3) is 0 Å². The van der Waals surface area contributed by atoms with E-state index in [9.17, 15) is 9.59 Å². The maximum absolute atomic E-state index is 13.0. The minimum absolute atomic E-state index is 0.0530. The number of anilines is 1. The first-order valence-electron chi connectivity index (χ1n) is 8.86. The smallest absolute Gasteiger partial charge is 0.250 e. The molecule has 1 saturated heterocycles. The molecule has 3 rings (SSSR count). The molecular weight excluding hydrogens is 344 g/mol. The summed E-state index contributed by atoms with van der Waals surface area (Å²) in [4.78, 5) is 27.3. The van der Waals surface area contributed by atoms with Crippen LogP contribution in [0, 0.1) is 0 Å². The molecule has 1 heterocycles. The Balaban J connectivity index is 1.73. The van der Waals surface area contributed by atoms with Crippen LogP contribution in [0.5, 0.6) is 11.5 Å². The molecule has 0 aliphatic carbocycles. The van der Waals surface area contributed by atoms with Crippen molar-refractivity contribution in [3.63, 3.8) is 0 Å². The van der Waals surface area contributed by atoms with E-state index in [0.29, 0.717) is 30.2 Å². The van der Waals surface area contributed by atoms with E-state index in [2.05, 4.69) is 5.32 Å². The van der Waals surface area contributed by atoms with Gasteiger partial charge in [-0.2, -0.15) is 0 Å². The van der Waals surface area contributed by atoms with Gasteiger partial charge in [-0.05, 0) is 31.0 Å². The third-order valence-corrected chi connectivity index (χ3v) is 5.06. The fourth-order valence-electron chi connectivity index (χ4n) is 3.23. The molecule has 0 radical (unpaired) electrons. The van der Waals surface area contributed by atoms with E-state index in [1.54, 1.807) is 37.1 Å². The number of rotatable bonds is 6. The summed E-state index contributed by atoms with van der Waals surface area (Å²) < 4.78 is 10.5. The van der Waals surface area contributed by atoms with Gasteiger partial charge >= 0.3 is 0 Å². The largest absolute Gasteiger partial charge is 0.497 e. The Bertz CT molecular complexity index is 837. The molecule has 1 atom stereocenters. The number of likely N-dealkylation sites (tertiary alicyclic amines) is 1. The Labute approximate surface area is 159 Å². The third-order valence-electron chi connectivity index (χ3n) is 5.06. The summed E-state index contributed by atoms with van der Waals surface area (Å²) in [6, 6.07) is 14.7. The molecule has 1 aliphatic rings. The van der Waals surface area contributed by atoms with Gasteiger partial charge in [-0.3, -0.25) is 9.59 Å². The summed E-state index contributed by atoms with van der Waals surface area (Å²) in [5.74, 6) is 0.862. The fraction of sp³-hybridized carbons (Fsp3) is 0.333. The van der Waals surface area contributed by atoms with Gasteiger partial charge in [-0.25, -0.2) is 0 Å². The predicted octanol–water partition coefficient (Wildman–Crippen LogP) is 2.88. The van der Waals surface area contributed by atoms with Crippen LogP contribution in [0.2, 0.25) is 0 Å². The molecular formula is C21H24N2O4. The highest BCUT2D eigenvalue weighted by molar-refractivity contribution is 6.02. The summed E-state index contributed by atoms with van der Waals surface area (Å²) >= 11 is 0. The number of nitrogens with one attached hydrogen (secondary N) is 1. The van der Waals surface area contributed by atoms with Gasteiger partial charge in [0.1, 0.15) is 17.0 Å². The molecule has 142 valence electrons. The Morgan fingerprint density at radius 3 is 2.44 bits per heavy atom. The van der Waals surface area contributed by atoms with Crippen LogP contribution >= 0.6 is 0 Å². The molecule has 2 aromatic carbocycles. The lowest BCUT2D eigenvalue weighted by Gasteiger charge is -2.49. The zero-order valence-electron chi connectivity index (χ0n) is 15.8. The van der Waals surface area contributed by atoms with Crippen molar-refractivity contribution in [2.24, 2.45) is 0 Å². The number of nitrogens with zero attached hydrogens (tertiary/aromatic N) is 1. The molecule has 0 bridgehead atoms. The number of carbonyl (C=O) groups is 2. The van der Waals surface area contributed by atoms with Crippen LogP contribution < -0.4 is 14.8 Å². The molecule has 6 nitrogen and oxygen atoms in total. The summed E-state index contributed by atoms with van der Waals surface area (Å²) in [6.07, 6.45) is 0.901. The molecule has 1 fully saturated rings. The quantitative estimate of drug-likeness (QED) is 0.851. The maximum atomic E-state index is 13.0. The van der Waals surface area contributed by atoms with Gasteiger partial charge in [0, 0.05) is 12.6 Å². The number of amides is 2. The van der Waals surface area contributed by atoms with Crippen molar-refractivity contribution in [2.45, 2.75) is 25.3 Å². The highest BCUT2D eigenvalue weighted by Gasteiger charge is 2.49. The van der Waals surface area contributed by atoms with Crippen LogP contribution in [0.15, 0.2) is 48.5 Å². The van der Waals surface area contributed by atoms with Crippen LogP contribution in [0.25, 0.3) is 0 Å². The molecule has 0 aromatic heterocycles. The molecule has 1 aliphatic heterocycles. The molecule has 2 amide bonds. The second-order valence-electron chi connectivity index (χ2n) is 6.75. The summed E-state index contributed by atoms with van der Waals surface area (Å²) in [6.45, 7) is 2.37. The number of hydrogen-bond acceptors (Lipinski definition) is 4. The fourth-order valence-corrected chi connectivity index (χ4v) is 3.23. The van der Waals surface area contributed by atoms with Gasteiger partial charge in [-0.15, -0.1) is 0 Å². The van der Waals surface area contributed by atoms with Crippen molar-refractivity contribution in [3.8, 4) is 11.5 Å². The van der Waals surface area contributed by atoms with Gasteiger partial charge in [-0.1, -0.05) is 30.3 Å². The first kappa shape index (κ1) is 18.8. The average molecular weight is 368 g/mol. The monoisotopic (exact) mass is 368 g/mol. The first-order chi connectivity index (χ1) is 13.0. The van der Waals surface area contributed by atoms with Crippen LogP contribution in [-0.2, 0) is 16.0 Å². The second-order valence-corrected chi connectivity index (χ2v) is 6.75. The van der Waals surface area contributed by atoms with Gasteiger partial charge in [0.2, 0.25) is 11.8 Å². The van der Waals surface area contributed by atoms with E-state index in [1.807, 2.05) is 30.3 Å². The lowest BCUT2D eigenvalue weighted by atomic mass is 9.84. The molecule has 27 heavy (non-hydrogen) atoms. The van der Waals surface area contributed by atoms with Gasteiger partial charge < -0.3 is 19.7 Å². The minimum atomic E-state index is -0.875. The number of methoxy groups -OCH3 is 2. The maximum Gasteiger partial charge on any atom is 0.250 e. The van der Waals surface area contributed by atoms with Gasteiger partial charge in [0.15, 0.2) is 0 Å². The number of hydrogen-bond donors (Lipinski definition) is 1. The van der Waals surface area contributed by atoms with E-state index >= 15 is 0 Å². The topological polar surface area (TPSA) is 67.9 Å². The number of benzene rings is 2. The lowest BCUT2D eigenvalue weighted by Crippen LogP contribution is -2.66. The van der Waals surface area contributed by atoms with Crippen molar-refractivity contribution in [1.29, 1.82) is 0 Å². The van der Waals surface area contributed by atoms with Crippen molar-refractivity contribution in [3.05, 3.63) is 54.1 Å². The highest BCUT2D eigenvalue weighted by atomic mass is 16.5. The standard InChI is InChI=1S/C21H24N2O4/c1-21(11-12-23(21)19(24)13-15-7-5-4-6-8-15)20(25)22-17-14-16(26-2)9-10-18(17)27-3/h4-10,14H,11-13H2,1-3H3,(H,22,25). The van der Waals surface area contributed by atoms with E-state index in [0.717, 1.165) is 5.56 Å². The molecule has 1 unspecified atom stereocenters. The van der Waals surface area contributed by atoms with E-state index in [4.69, 9.17) is 9.47 Å². The van der Waals surface area contributed by atoms with Gasteiger partial charge in [0.05, 0.1) is 26.3 Å². The first-order valence-corrected chi connectivity index (χ1v) is 8.86. The summed E-state index contributed by atoms with van der Waals surface area (Å²) in [5, 5.41) is 2.89.